The molecule has 0 aromatic carbocycles. The molecule has 0 bridgehead atoms. The Morgan fingerprint density at radius 3 is 2.53 bits per heavy atom. The number of anilines is 1. The highest BCUT2D eigenvalue weighted by atomic mass is 15.3. The zero-order valence-electron chi connectivity index (χ0n) is 9.15. The van der Waals surface area contributed by atoms with Gasteiger partial charge < -0.3 is 10.7 Å². The number of aromatic amines is 1. The summed E-state index contributed by atoms with van der Waals surface area (Å²) in [6.07, 6.45) is 5.49. The van der Waals surface area contributed by atoms with Gasteiger partial charge >= 0.3 is 0 Å². The lowest BCUT2D eigenvalue weighted by molar-refractivity contribution is 0.355. The summed E-state index contributed by atoms with van der Waals surface area (Å²) in [5.41, 5.74) is 7.39. The van der Waals surface area contributed by atoms with Crippen LogP contribution in [0.4, 0.5) is 5.95 Å². The monoisotopic (exact) mass is 205 g/mol. The molecule has 3 N–H and O–H groups in total. The topological polar surface area (TPSA) is 72.5 Å². The van der Waals surface area contributed by atoms with Crippen LogP contribution in [0.5, 0.6) is 0 Å². The first-order valence-electron chi connectivity index (χ1n) is 4.83. The Morgan fingerprint density at radius 1 is 1.33 bits per heavy atom. The van der Waals surface area contributed by atoms with E-state index < -0.39 is 0 Å². The van der Waals surface area contributed by atoms with Gasteiger partial charge in [-0.1, -0.05) is 0 Å². The average Bonchev–Trinajstić information content (AvgIpc) is 2.69. The van der Waals surface area contributed by atoms with Gasteiger partial charge in [-0.15, -0.1) is 0 Å². The highest BCUT2D eigenvalue weighted by Gasteiger charge is 2.14. The molecule has 0 fully saturated rings. The number of nitrogens with two attached hydrogens (primary N) is 1. The molecule has 80 valence electrons. The average molecular weight is 205 g/mol. The van der Waals surface area contributed by atoms with Gasteiger partial charge in [0.15, 0.2) is 5.95 Å². The lowest BCUT2D eigenvalue weighted by Gasteiger charge is -2.18. The summed E-state index contributed by atoms with van der Waals surface area (Å²) in [6.45, 7) is 6.31. The van der Waals surface area contributed by atoms with E-state index in [1.54, 1.807) is 12.4 Å². The molecule has 2 aromatic heterocycles. The predicted octanol–water partition coefficient (Wildman–Crippen LogP) is 1.61. The Kier molecular flexibility index (Phi) is 2.03. The number of rotatable bonds is 1. The third kappa shape index (κ3) is 1.86. The van der Waals surface area contributed by atoms with Crippen molar-refractivity contribution < 1.29 is 0 Å². The molecule has 15 heavy (non-hydrogen) atoms. The molecule has 0 aliphatic carbocycles. The summed E-state index contributed by atoms with van der Waals surface area (Å²) in [7, 11) is 0. The Hall–Kier alpha value is -1.78. The SMILES string of the molecule is CC(C)(C)n1cc(-c2cnc(N)[nH]2)cn1. The molecule has 5 heteroatoms. The minimum absolute atomic E-state index is 0.0101. The maximum absolute atomic E-state index is 5.51. The lowest BCUT2D eigenvalue weighted by atomic mass is 10.1. The van der Waals surface area contributed by atoms with E-state index in [1.807, 2.05) is 10.9 Å². The van der Waals surface area contributed by atoms with Gasteiger partial charge in [-0.25, -0.2) is 4.98 Å². The van der Waals surface area contributed by atoms with Crippen LogP contribution in [0.2, 0.25) is 0 Å². The first-order chi connectivity index (χ1) is 6.97. The fraction of sp³-hybridized carbons (Fsp3) is 0.400. The highest BCUT2D eigenvalue weighted by Crippen LogP contribution is 2.20. The molecule has 0 saturated carbocycles. The number of imidazole rings is 1. The number of nitrogens with zero attached hydrogens (tertiary/aromatic N) is 3. The molecule has 2 aromatic rings. The van der Waals surface area contributed by atoms with Crippen LogP contribution in [0.1, 0.15) is 20.8 Å². The highest BCUT2D eigenvalue weighted by molar-refractivity contribution is 5.57. The van der Waals surface area contributed by atoms with E-state index in [0.717, 1.165) is 11.3 Å². The zero-order valence-corrected chi connectivity index (χ0v) is 9.15. The van der Waals surface area contributed by atoms with Crippen molar-refractivity contribution in [3.05, 3.63) is 18.6 Å². The summed E-state index contributed by atoms with van der Waals surface area (Å²) in [5, 5.41) is 4.30. The van der Waals surface area contributed by atoms with Crippen molar-refractivity contribution in [3.63, 3.8) is 0 Å². The predicted molar refractivity (Wildman–Crippen MR) is 59.2 cm³/mol. The number of nitrogen functional groups attached to an aromatic ring is 1. The van der Waals surface area contributed by atoms with Gasteiger partial charge in [0.2, 0.25) is 0 Å². The van der Waals surface area contributed by atoms with Crippen molar-refractivity contribution in [2.75, 3.05) is 5.73 Å². The molecule has 0 unspecified atom stereocenters. The van der Waals surface area contributed by atoms with E-state index >= 15 is 0 Å². The minimum Gasteiger partial charge on any atom is -0.369 e. The number of H-pyrrole nitrogens is 1. The number of nitrogens with one attached hydrogen (secondary N) is 1. The summed E-state index contributed by atoms with van der Waals surface area (Å²) in [6, 6.07) is 0. The largest absolute Gasteiger partial charge is 0.369 e. The van der Waals surface area contributed by atoms with Gasteiger partial charge in [-0.2, -0.15) is 5.10 Å². The van der Waals surface area contributed by atoms with Crippen LogP contribution in [0.15, 0.2) is 18.6 Å². The van der Waals surface area contributed by atoms with Crippen molar-refractivity contribution in [2.45, 2.75) is 26.3 Å². The molecular weight excluding hydrogens is 190 g/mol. The van der Waals surface area contributed by atoms with Crippen LogP contribution < -0.4 is 5.73 Å². The van der Waals surface area contributed by atoms with Gasteiger partial charge in [0.1, 0.15) is 0 Å². The Bertz CT molecular complexity index is 460. The van der Waals surface area contributed by atoms with Gasteiger partial charge in [-0.05, 0) is 20.8 Å². The third-order valence-electron chi connectivity index (χ3n) is 2.18. The molecule has 0 atom stereocenters. The molecule has 5 nitrogen and oxygen atoms in total. The number of hydrogen-bond acceptors (Lipinski definition) is 3. The maximum atomic E-state index is 5.51. The van der Waals surface area contributed by atoms with Gasteiger partial charge in [0.25, 0.3) is 0 Å². The molecule has 0 radical (unpaired) electrons. The first kappa shape index (κ1) is 9.76. The second kappa shape index (κ2) is 3.12. The van der Waals surface area contributed by atoms with E-state index in [9.17, 15) is 0 Å². The van der Waals surface area contributed by atoms with Crippen LogP contribution in [0.25, 0.3) is 11.3 Å². The third-order valence-corrected chi connectivity index (χ3v) is 2.18. The molecule has 0 saturated heterocycles. The van der Waals surface area contributed by atoms with E-state index in [1.165, 1.54) is 0 Å². The van der Waals surface area contributed by atoms with E-state index in [2.05, 4.69) is 35.8 Å². The molecule has 2 rings (SSSR count). The van der Waals surface area contributed by atoms with Crippen LogP contribution in [-0.4, -0.2) is 19.7 Å². The number of aromatic nitrogens is 4. The summed E-state index contributed by atoms with van der Waals surface area (Å²) >= 11 is 0. The lowest BCUT2D eigenvalue weighted by Crippen LogP contribution is -2.21. The second-order valence-corrected chi connectivity index (χ2v) is 4.53. The summed E-state index contributed by atoms with van der Waals surface area (Å²) < 4.78 is 1.92. The van der Waals surface area contributed by atoms with Crippen LogP contribution >= 0.6 is 0 Å². The molecular formula is C10H15N5. The molecule has 2 heterocycles. The van der Waals surface area contributed by atoms with E-state index in [-0.39, 0.29) is 5.54 Å². The standard InChI is InChI=1S/C10H15N5/c1-10(2,3)15-6-7(4-13-15)8-5-12-9(11)14-8/h4-6H,1-3H3,(H3,11,12,14). The van der Waals surface area contributed by atoms with Crippen LogP contribution in [0, 0.1) is 0 Å². The smallest absolute Gasteiger partial charge is 0.197 e. The van der Waals surface area contributed by atoms with E-state index in [0.29, 0.717) is 5.95 Å². The Morgan fingerprint density at radius 2 is 2.07 bits per heavy atom. The van der Waals surface area contributed by atoms with Gasteiger partial charge in [0.05, 0.1) is 23.6 Å². The summed E-state index contributed by atoms with van der Waals surface area (Å²) in [4.78, 5) is 6.92. The van der Waals surface area contributed by atoms with E-state index in [4.69, 9.17) is 5.73 Å². The van der Waals surface area contributed by atoms with Gasteiger partial charge in [0, 0.05) is 11.8 Å². The van der Waals surface area contributed by atoms with Crippen molar-refractivity contribution in [3.8, 4) is 11.3 Å². The van der Waals surface area contributed by atoms with Crippen LogP contribution in [0.3, 0.4) is 0 Å². The van der Waals surface area contributed by atoms with Crippen molar-refractivity contribution >= 4 is 5.95 Å². The number of hydrogen-bond donors (Lipinski definition) is 2. The fourth-order valence-electron chi connectivity index (χ4n) is 1.31. The first-order valence-corrected chi connectivity index (χ1v) is 4.83. The van der Waals surface area contributed by atoms with Crippen LogP contribution in [-0.2, 0) is 5.54 Å². The van der Waals surface area contributed by atoms with Gasteiger partial charge in [-0.3, -0.25) is 4.68 Å². The van der Waals surface area contributed by atoms with Crippen molar-refractivity contribution in [2.24, 2.45) is 0 Å². The minimum atomic E-state index is -0.0101. The molecule has 0 amide bonds. The Balaban J connectivity index is 2.36. The fourth-order valence-corrected chi connectivity index (χ4v) is 1.31. The zero-order chi connectivity index (χ0) is 11.1. The van der Waals surface area contributed by atoms with Crippen molar-refractivity contribution in [1.82, 2.24) is 19.7 Å². The second-order valence-electron chi connectivity index (χ2n) is 4.53. The molecule has 0 spiro atoms. The quantitative estimate of drug-likeness (QED) is 0.742. The normalized spacial score (nSPS) is 11.9. The maximum Gasteiger partial charge on any atom is 0.197 e. The van der Waals surface area contributed by atoms with Crippen molar-refractivity contribution in [1.29, 1.82) is 0 Å². The molecule has 0 aliphatic heterocycles. The Labute approximate surface area is 88.3 Å². The molecule has 0 aliphatic rings. The summed E-state index contributed by atoms with van der Waals surface area (Å²) in [5.74, 6) is 0.425.